The summed E-state index contributed by atoms with van der Waals surface area (Å²) in [6.45, 7) is 2.76. The molecule has 0 aliphatic carbocycles. The van der Waals surface area contributed by atoms with Crippen molar-refractivity contribution in [2.45, 2.75) is 38.4 Å². The summed E-state index contributed by atoms with van der Waals surface area (Å²) >= 11 is 0. The van der Waals surface area contributed by atoms with Crippen molar-refractivity contribution in [3.8, 4) is 0 Å². The monoisotopic (exact) mass is 224 g/mol. The van der Waals surface area contributed by atoms with Crippen molar-refractivity contribution in [1.82, 2.24) is 9.55 Å². The average Bonchev–Trinajstić information content (AvgIpc) is 2.84. The maximum Gasteiger partial charge on any atom is 0.108 e. The van der Waals surface area contributed by atoms with Crippen LogP contribution in [0.25, 0.3) is 0 Å². The Morgan fingerprint density at radius 1 is 1.69 bits per heavy atom. The van der Waals surface area contributed by atoms with Gasteiger partial charge in [0.15, 0.2) is 0 Å². The second-order valence-corrected chi connectivity index (χ2v) is 4.70. The van der Waals surface area contributed by atoms with Crippen LogP contribution in [0.2, 0.25) is 0 Å². The first-order valence-electron chi connectivity index (χ1n) is 5.92. The van der Waals surface area contributed by atoms with Crippen LogP contribution in [0.1, 0.15) is 25.6 Å². The number of nitrogens with zero attached hydrogens (tertiary/aromatic N) is 2. The van der Waals surface area contributed by atoms with Crippen LogP contribution in [0.15, 0.2) is 12.4 Å². The Balaban J connectivity index is 1.80. The molecule has 0 aromatic carbocycles. The predicted molar refractivity (Wildman–Crippen MR) is 61.1 cm³/mol. The highest BCUT2D eigenvalue weighted by molar-refractivity contribution is 4.92. The molecule has 0 amide bonds. The lowest BCUT2D eigenvalue weighted by atomic mass is 9.96. The van der Waals surface area contributed by atoms with Gasteiger partial charge in [-0.25, -0.2) is 4.98 Å². The number of rotatable bonds is 4. The lowest BCUT2D eigenvalue weighted by molar-refractivity contribution is 0.0754. The summed E-state index contributed by atoms with van der Waals surface area (Å²) in [6.07, 6.45) is 6.34. The zero-order valence-electron chi connectivity index (χ0n) is 9.97. The van der Waals surface area contributed by atoms with Crippen molar-refractivity contribution in [1.29, 1.82) is 0 Å². The van der Waals surface area contributed by atoms with Crippen molar-refractivity contribution in [3.63, 3.8) is 0 Å². The molecule has 1 fully saturated rings. The van der Waals surface area contributed by atoms with Crippen LogP contribution in [0.4, 0.5) is 0 Å². The first-order valence-corrected chi connectivity index (χ1v) is 5.92. The lowest BCUT2D eigenvalue weighted by Crippen LogP contribution is -2.22. The molecule has 0 spiro atoms. The molecular weight excluding hydrogens is 204 g/mol. The van der Waals surface area contributed by atoms with Gasteiger partial charge in [0.2, 0.25) is 0 Å². The van der Waals surface area contributed by atoms with Crippen LogP contribution >= 0.6 is 0 Å². The van der Waals surface area contributed by atoms with E-state index in [4.69, 9.17) is 4.74 Å². The van der Waals surface area contributed by atoms with Gasteiger partial charge in [0.1, 0.15) is 5.82 Å². The fourth-order valence-electron chi connectivity index (χ4n) is 2.27. The molecule has 90 valence electrons. The Bertz CT molecular complexity index is 338. The molecule has 3 unspecified atom stereocenters. The van der Waals surface area contributed by atoms with Crippen molar-refractivity contribution >= 4 is 0 Å². The first kappa shape index (κ1) is 11.6. The Labute approximate surface area is 96.3 Å². The zero-order chi connectivity index (χ0) is 11.5. The van der Waals surface area contributed by atoms with Crippen molar-refractivity contribution in [3.05, 3.63) is 18.2 Å². The highest BCUT2D eigenvalue weighted by atomic mass is 16.5. The largest absolute Gasteiger partial charge is 0.393 e. The van der Waals surface area contributed by atoms with Crippen LogP contribution < -0.4 is 0 Å². The van der Waals surface area contributed by atoms with E-state index >= 15 is 0 Å². The van der Waals surface area contributed by atoms with E-state index in [9.17, 15) is 5.11 Å². The maximum atomic E-state index is 10.0. The summed E-state index contributed by atoms with van der Waals surface area (Å²) in [4.78, 5) is 4.25. The van der Waals surface area contributed by atoms with Gasteiger partial charge in [-0.1, -0.05) is 0 Å². The van der Waals surface area contributed by atoms with Gasteiger partial charge in [-0.2, -0.15) is 0 Å². The van der Waals surface area contributed by atoms with Crippen molar-refractivity contribution < 1.29 is 9.84 Å². The number of hydrogen-bond donors (Lipinski definition) is 1. The molecule has 0 saturated carbocycles. The summed E-state index contributed by atoms with van der Waals surface area (Å²) in [5, 5.41) is 10.0. The maximum absolute atomic E-state index is 10.0. The van der Waals surface area contributed by atoms with Crippen LogP contribution in [0, 0.1) is 5.92 Å². The fraction of sp³-hybridized carbons (Fsp3) is 0.750. The van der Waals surface area contributed by atoms with E-state index < -0.39 is 0 Å². The Kier molecular flexibility index (Phi) is 3.61. The molecule has 1 aliphatic heterocycles. The average molecular weight is 224 g/mol. The molecule has 16 heavy (non-hydrogen) atoms. The summed E-state index contributed by atoms with van der Waals surface area (Å²) in [5.41, 5.74) is 0. The van der Waals surface area contributed by atoms with Gasteiger partial charge in [-0.3, -0.25) is 0 Å². The molecule has 1 saturated heterocycles. The SMILES string of the molecule is CC1CC(C(O)CCc2nccn2C)CO1. The third-order valence-electron chi connectivity index (χ3n) is 3.36. The quantitative estimate of drug-likeness (QED) is 0.834. The second kappa shape index (κ2) is 4.97. The molecule has 1 N–H and O–H groups in total. The van der Waals surface area contributed by atoms with Crippen LogP contribution in [-0.2, 0) is 18.2 Å². The summed E-state index contributed by atoms with van der Waals surface area (Å²) in [7, 11) is 1.98. The van der Waals surface area contributed by atoms with Gasteiger partial charge in [0.05, 0.1) is 18.8 Å². The molecule has 0 bridgehead atoms. The normalized spacial score (nSPS) is 27.2. The van der Waals surface area contributed by atoms with Crippen molar-refractivity contribution in [2.75, 3.05) is 6.61 Å². The molecule has 4 nitrogen and oxygen atoms in total. The minimum Gasteiger partial charge on any atom is -0.393 e. The van der Waals surface area contributed by atoms with Crippen LogP contribution in [0.3, 0.4) is 0 Å². The summed E-state index contributed by atoms with van der Waals surface area (Å²) in [5.74, 6) is 1.33. The zero-order valence-corrected chi connectivity index (χ0v) is 9.97. The second-order valence-electron chi connectivity index (χ2n) is 4.70. The van der Waals surface area contributed by atoms with E-state index in [1.807, 2.05) is 17.8 Å². The van der Waals surface area contributed by atoms with E-state index in [1.54, 1.807) is 6.20 Å². The van der Waals surface area contributed by atoms with Crippen LogP contribution in [-0.4, -0.2) is 33.5 Å². The Morgan fingerprint density at radius 3 is 3.06 bits per heavy atom. The molecule has 1 aliphatic rings. The van der Waals surface area contributed by atoms with E-state index in [-0.39, 0.29) is 6.10 Å². The van der Waals surface area contributed by atoms with Gasteiger partial charge < -0.3 is 14.4 Å². The Hall–Kier alpha value is -0.870. The first-order chi connectivity index (χ1) is 7.66. The Morgan fingerprint density at radius 2 is 2.50 bits per heavy atom. The topological polar surface area (TPSA) is 47.3 Å². The molecule has 4 heteroatoms. The van der Waals surface area contributed by atoms with Gasteiger partial charge in [-0.15, -0.1) is 0 Å². The standard InChI is InChI=1S/C12H20N2O2/c1-9-7-10(8-16-9)11(15)3-4-12-13-5-6-14(12)2/h5-6,9-11,15H,3-4,7-8H2,1-2H3. The molecule has 2 rings (SSSR count). The molecule has 1 aromatic rings. The van der Waals surface area contributed by atoms with E-state index in [2.05, 4.69) is 11.9 Å². The summed E-state index contributed by atoms with van der Waals surface area (Å²) < 4.78 is 7.47. The lowest BCUT2D eigenvalue weighted by Gasteiger charge is -2.16. The van der Waals surface area contributed by atoms with Gasteiger partial charge in [-0.05, 0) is 19.8 Å². The number of aliphatic hydroxyl groups excluding tert-OH is 1. The fourth-order valence-corrected chi connectivity index (χ4v) is 2.27. The minimum absolute atomic E-state index is 0.262. The number of imidazole rings is 1. The summed E-state index contributed by atoms with van der Waals surface area (Å²) in [6, 6.07) is 0. The van der Waals surface area contributed by atoms with E-state index in [0.29, 0.717) is 18.6 Å². The van der Waals surface area contributed by atoms with Crippen molar-refractivity contribution in [2.24, 2.45) is 13.0 Å². The third-order valence-corrected chi connectivity index (χ3v) is 3.36. The number of aryl methyl sites for hydroxylation is 2. The smallest absolute Gasteiger partial charge is 0.108 e. The molecule has 1 aromatic heterocycles. The molecule has 3 atom stereocenters. The number of ether oxygens (including phenoxy) is 1. The number of aliphatic hydroxyl groups is 1. The highest BCUT2D eigenvalue weighted by Crippen LogP contribution is 2.24. The van der Waals surface area contributed by atoms with Gasteiger partial charge in [0.25, 0.3) is 0 Å². The number of hydrogen-bond acceptors (Lipinski definition) is 3. The molecular formula is C12H20N2O2. The highest BCUT2D eigenvalue weighted by Gasteiger charge is 2.28. The predicted octanol–water partition coefficient (Wildman–Crippen LogP) is 1.14. The van der Waals surface area contributed by atoms with Gasteiger partial charge >= 0.3 is 0 Å². The number of aromatic nitrogens is 2. The van der Waals surface area contributed by atoms with Gasteiger partial charge in [0, 0.05) is 31.8 Å². The minimum atomic E-state index is -0.262. The third kappa shape index (κ3) is 2.62. The van der Waals surface area contributed by atoms with E-state index in [1.165, 1.54) is 0 Å². The molecule has 0 radical (unpaired) electrons. The molecule has 2 heterocycles. The van der Waals surface area contributed by atoms with Crippen LogP contribution in [0.5, 0.6) is 0 Å². The van der Waals surface area contributed by atoms with E-state index in [0.717, 1.165) is 25.1 Å².